The number of aryl methyl sites for hydroxylation is 1. The molecular weight excluding hydrogens is 323 g/mol. The van der Waals surface area contributed by atoms with E-state index in [0.717, 1.165) is 11.3 Å². The second-order valence-electron chi connectivity index (χ2n) is 4.61. The van der Waals surface area contributed by atoms with Gasteiger partial charge in [-0.1, -0.05) is 24.3 Å². The number of benzene rings is 2. The highest BCUT2D eigenvalue weighted by Gasteiger charge is 2.14. The van der Waals surface area contributed by atoms with E-state index < -0.39 is 11.9 Å². The standard InChI is InChI=1S/C16H16BrFO2/c1-11-4-2-5-12(10-11)20-9-8-15(19)13-6-3-7-14(17)16(13)18/h2-7,10,15,19H,8-9H2,1H3. The number of aliphatic hydroxyl groups excluding tert-OH is 1. The molecule has 0 bridgehead atoms. The van der Waals surface area contributed by atoms with E-state index in [1.807, 2.05) is 31.2 Å². The summed E-state index contributed by atoms with van der Waals surface area (Å²) < 4.78 is 19.7. The molecule has 0 aliphatic heterocycles. The van der Waals surface area contributed by atoms with Crippen LogP contribution in [-0.2, 0) is 0 Å². The molecule has 0 aromatic heterocycles. The van der Waals surface area contributed by atoms with Gasteiger partial charge in [0.25, 0.3) is 0 Å². The Morgan fingerprint density at radius 1 is 1.25 bits per heavy atom. The number of halogens is 2. The fourth-order valence-electron chi connectivity index (χ4n) is 1.93. The van der Waals surface area contributed by atoms with Crippen LogP contribution in [0.5, 0.6) is 5.75 Å². The van der Waals surface area contributed by atoms with Gasteiger partial charge < -0.3 is 9.84 Å². The molecule has 0 aliphatic carbocycles. The van der Waals surface area contributed by atoms with Gasteiger partial charge in [0.2, 0.25) is 0 Å². The average Bonchev–Trinajstić information content (AvgIpc) is 2.42. The minimum absolute atomic E-state index is 0.284. The summed E-state index contributed by atoms with van der Waals surface area (Å²) in [6.07, 6.45) is -0.543. The largest absolute Gasteiger partial charge is 0.493 e. The van der Waals surface area contributed by atoms with E-state index in [2.05, 4.69) is 15.9 Å². The summed E-state index contributed by atoms with van der Waals surface area (Å²) in [5.74, 6) is 0.336. The fourth-order valence-corrected chi connectivity index (χ4v) is 2.31. The Hall–Kier alpha value is -1.39. The van der Waals surface area contributed by atoms with Crippen molar-refractivity contribution in [2.45, 2.75) is 19.4 Å². The molecule has 106 valence electrons. The van der Waals surface area contributed by atoms with Crippen LogP contribution < -0.4 is 4.74 Å². The van der Waals surface area contributed by atoms with Gasteiger partial charge in [-0.05, 0) is 46.6 Å². The van der Waals surface area contributed by atoms with E-state index >= 15 is 0 Å². The third-order valence-corrected chi connectivity index (χ3v) is 3.60. The lowest BCUT2D eigenvalue weighted by molar-refractivity contribution is 0.137. The molecule has 0 saturated heterocycles. The van der Waals surface area contributed by atoms with Crippen molar-refractivity contribution < 1.29 is 14.2 Å². The van der Waals surface area contributed by atoms with Crippen molar-refractivity contribution in [3.63, 3.8) is 0 Å². The Kier molecular flexibility index (Phi) is 5.15. The summed E-state index contributed by atoms with van der Waals surface area (Å²) in [7, 11) is 0. The maximum absolute atomic E-state index is 13.8. The summed E-state index contributed by atoms with van der Waals surface area (Å²) in [5, 5.41) is 10.0. The summed E-state index contributed by atoms with van der Waals surface area (Å²) >= 11 is 3.11. The van der Waals surface area contributed by atoms with E-state index in [9.17, 15) is 9.50 Å². The van der Waals surface area contributed by atoms with E-state index in [1.54, 1.807) is 18.2 Å². The molecule has 2 nitrogen and oxygen atoms in total. The first-order valence-corrected chi connectivity index (χ1v) is 7.18. The maximum Gasteiger partial charge on any atom is 0.143 e. The average molecular weight is 339 g/mol. The van der Waals surface area contributed by atoms with Gasteiger partial charge in [0.15, 0.2) is 0 Å². The summed E-state index contributed by atoms with van der Waals surface area (Å²) in [5.41, 5.74) is 1.40. The first-order chi connectivity index (χ1) is 9.58. The van der Waals surface area contributed by atoms with Crippen LogP contribution in [0.1, 0.15) is 23.7 Å². The van der Waals surface area contributed by atoms with E-state index in [-0.39, 0.29) is 5.56 Å². The molecule has 0 saturated carbocycles. The van der Waals surface area contributed by atoms with Crippen LogP contribution in [0.15, 0.2) is 46.9 Å². The zero-order valence-electron chi connectivity index (χ0n) is 11.1. The highest BCUT2D eigenvalue weighted by atomic mass is 79.9. The summed E-state index contributed by atoms with van der Waals surface area (Å²) in [6.45, 7) is 2.31. The highest BCUT2D eigenvalue weighted by molar-refractivity contribution is 9.10. The van der Waals surface area contributed by atoms with Crippen LogP contribution in [0.25, 0.3) is 0 Å². The van der Waals surface area contributed by atoms with Gasteiger partial charge >= 0.3 is 0 Å². The smallest absolute Gasteiger partial charge is 0.143 e. The Bertz CT molecular complexity index is 586. The van der Waals surface area contributed by atoms with Crippen LogP contribution in [-0.4, -0.2) is 11.7 Å². The van der Waals surface area contributed by atoms with Gasteiger partial charge in [0.05, 0.1) is 17.2 Å². The van der Waals surface area contributed by atoms with Gasteiger partial charge in [-0.3, -0.25) is 0 Å². The van der Waals surface area contributed by atoms with Crippen LogP contribution in [0.3, 0.4) is 0 Å². The lowest BCUT2D eigenvalue weighted by atomic mass is 10.1. The zero-order valence-corrected chi connectivity index (χ0v) is 12.7. The number of ether oxygens (including phenoxy) is 1. The zero-order chi connectivity index (χ0) is 14.5. The number of hydrogen-bond acceptors (Lipinski definition) is 2. The molecule has 2 aromatic carbocycles. The molecule has 0 fully saturated rings. The quantitative estimate of drug-likeness (QED) is 0.875. The first kappa shape index (κ1) is 15.0. The van der Waals surface area contributed by atoms with E-state index in [1.165, 1.54) is 0 Å². The second kappa shape index (κ2) is 6.86. The third-order valence-electron chi connectivity index (χ3n) is 2.99. The van der Waals surface area contributed by atoms with Crippen molar-refractivity contribution in [3.05, 3.63) is 63.9 Å². The van der Waals surface area contributed by atoms with E-state index in [0.29, 0.717) is 17.5 Å². The van der Waals surface area contributed by atoms with Gasteiger partial charge in [-0.15, -0.1) is 0 Å². The van der Waals surface area contributed by atoms with Crippen LogP contribution in [0.2, 0.25) is 0 Å². The Labute approximate surface area is 126 Å². The number of aliphatic hydroxyl groups is 1. The molecule has 0 spiro atoms. The van der Waals surface area contributed by atoms with Gasteiger partial charge in [0, 0.05) is 12.0 Å². The first-order valence-electron chi connectivity index (χ1n) is 6.39. The lowest BCUT2D eigenvalue weighted by Crippen LogP contribution is -2.07. The molecule has 2 rings (SSSR count). The molecule has 1 N–H and O–H groups in total. The topological polar surface area (TPSA) is 29.5 Å². The molecule has 0 aliphatic rings. The minimum Gasteiger partial charge on any atom is -0.493 e. The molecule has 0 radical (unpaired) electrons. The highest BCUT2D eigenvalue weighted by Crippen LogP contribution is 2.25. The monoisotopic (exact) mass is 338 g/mol. The van der Waals surface area contributed by atoms with Crippen LogP contribution >= 0.6 is 15.9 Å². The SMILES string of the molecule is Cc1cccc(OCCC(O)c2cccc(Br)c2F)c1. The number of hydrogen-bond donors (Lipinski definition) is 1. The van der Waals surface area contributed by atoms with E-state index in [4.69, 9.17) is 4.74 Å². The van der Waals surface area contributed by atoms with Crippen molar-refractivity contribution in [2.75, 3.05) is 6.61 Å². The predicted octanol–water partition coefficient (Wildman–Crippen LogP) is 4.40. The van der Waals surface area contributed by atoms with Gasteiger partial charge in [0.1, 0.15) is 11.6 Å². The van der Waals surface area contributed by atoms with Crippen molar-refractivity contribution in [1.29, 1.82) is 0 Å². The molecule has 4 heteroatoms. The maximum atomic E-state index is 13.8. The van der Waals surface area contributed by atoms with Crippen LogP contribution in [0, 0.1) is 12.7 Å². The summed E-state index contributed by atoms with van der Waals surface area (Å²) in [6, 6.07) is 12.6. The predicted molar refractivity (Wildman–Crippen MR) is 80.4 cm³/mol. The van der Waals surface area contributed by atoms with Crippen molar-refractivity contribution in [3.8, 4) is 5.75 Å². The van der Waals surface area contributed by atoms with Gasteiger partial charge in [-0.25, -0.2) is 4.39 Å². The number of rotatable bonds is 5. The Balaban J connectivity index is 1.92. The van der Waals surface area contributed by atoms with Crippen molar-refractivity contribution >= 4 is 15.9 Å². The molecule has 0 heterocycles. The van der Waals surface area contributed by atoms with Crippen LogP contribution in [0.4, 0.5) is 4.39 Å². The lowest BCUT2D eigenvalue weighted by Gasteiger charge is -2.13. The fraction of sp³-hybridized carbons (Fsp3) is 0.250. The van der Waals surface area contributed by atoms with Crippen molar-refractivity contribution in [2.24, 2.45) is 0 Å². The molecular formula is C16H16BrFO2. The Morgan fingerprint density at radius 3 is 2.75 bits per heavy atom. The third kappa shape index (κ3) is 3.81. The molecule has 1 unspecified atom stereocenters. The van der Waals surface area contributed by atoms with Crippen molar-refractivity contribution in [1.82, 2.24) is 0 Å². The molecule has 0 amide bonds. The second-order valence-corrected chi connectivity index (χ2v) is 5.47. The normalized spacial score (nSPS) is 12.2. The minimum atomic E-state index is -0.877. The molecule has 2 aromatic rings. The molecule has 20 heavy (non-hydrogen) atoms. The molecule has 1 atom stereocenters. The van der Waals surface area contributed by atoms with Gasteiger partial charge in [-0.2, -0.15) is 0 Å². The summed E-state index contributed by atoms with van der Waals surface area (Å²) in [4.78, 5) is 0. The Morgan fingerprint density at radius 2 is 2.00 bits per heavy atom.